The van der Waals surface area contributed by atoms with Crippen molar-refractivity contribution in [2.45, 2.75) is 24.4 Å². The minimum absolute atomic E-state index is 0.303. The lowest BCUT2D eigenvalue weighted by Gasteiger charge is -2.13. The van der Waals surface area contributed by atoms with Crippen LogP contribution in [0.5, 0.6) is 0 Å². The van der Waals surface area contributed by atoms with E-state index in [-0.39, 0.29) is 11.8 Å². The van der Waals surface area contributed by atoms with Gasteiger partial charge in [0, 0.05) is 12.3 Å². The molecule has 3 aromatic heterocycles. The van der Waals surface area contributed by atoms with Crippen LogP contribution in [0.25, 0.3) is 17.0 Å². The standard InChI is InChI=1S/C24H18N8O2S/c1-2-30-23(27-28-29-30)31-19-12-6-5-11-18(19)26-24(31)35-14-15-8-7-13-20(25-15)32-21(33)16-9-3-4-10-17(16)22(32)34/h3-13H,2,14H2,1H3. The van der Waals surface area contributed by atoms with E-state index in [1.54, 1.807) is 41.1 Å². The van der Waals surface area contributed by atoms with Crippen LogP contribution >= 0.6 is 11.8 Å². The Bertz CT molecular complexity index is 1570. The fourth-order valence-electron chi connectivity index (χ4n) is 4.07. The fraction of sp³-hybridized carbons (Fsp3) is 0.125. The molecule has 35 heavy (non-hydrogen) atoms. The van der Waals surface area contributed by atoms with Gasteiger partial charge in [-0.15, -0.1) is 0 Å². The summed E-state index contributed by atoms with van der Waals surface area (Å²) < 4.78 is 3.64. The molecule has 2 amide bonds. The number of aryl methyl sites for hydroxylation is 1. The molecule has 2 aromatic carbocycles. The highest BCUT2D eigenvalue weighted by atomic mass is 32.2. The number of para-hydroxylation sites is 2. The van der Waals surface area contributed by atoms with Gasteiger partial charge >= 0.3 is 0 Å². The third-order valence-corrected chi connectivity index (χ3v) is 6.68. The number of aromatic nitrogens is 7. The summed E-state index contributed by atoms with van der Waals surface area (Å²) in [5, 5.41) is 12.8. The summed E-state index contributed by atoms with van der Waals surface area (Å²) in [6.45, 7) is 2.59. The molecule has 0 saturated carbocycles. The molecule has 0 unspecified atom stereocenters. The van der Waals surface area contributed by atoms with Crippen molar-refractivity contribution < 1.29 is 9.59 Å². The first-order valence-corrected chi connectivity index (χ1v) is 11.9. The topological polar surface area (TPSA) is 112 Å². The van der Waals surface area contributed by atoms with Crippen molar-refractivity contribution in [2.24, 2.45) is 0 Å². The van der Waals surface area contributed by atoms with Crippen LogP contribution in [-0.4, -0.2) is 46.6 Å². The first kappa shape index (κ1) is 21.2. The van der Waals surface area contributed by atoms with Gasteiger partial charge in [-0.05, 0) is 53.7 Å². The lowest BCUT2D eigenvalue weighted by Crippen LogP contribution is -2.30. The Hall–Kier alpha value is -4.38. The molecule has 0 fully saturated rings. The largest absolute Gasteiger partial charge is 0.268 e. The first-order chi connectivity index (χ1) is 17.2. The summed E-state index contributed by atoms with van der Waals surface area (Å²) in [6, 6.07) is 19.9. The molecule has 10 nitrogen and oxygen atoms in total. The normalized spacial score (nSPS) is 13.1. The third kappa shape index (κ3) is 3.48. The molecule has 0 saturated heterocycles. The zero-order chi connectivity index (χ0) is 23.9. The predicted molar refractivity (Wildman–Crippen MR) is 129 cm³/mol. The van der Waals surface area contributed by atoms with Crippen molar-refractivity contribution in [1.82, 2.24) is 34.7 Å². The van der Waals surface area contributed by atoms with Crippen LogP contribution in [0, 0.1) is 0 Å². The second kappa shape index (κ2) is 8.44. The fourth-order valence-corrected chi connectivity index (χ4v) is 4.98. The molecule has 11 heteroatoms. The Morgan fingerprint density at radius 2 is 1.60 bits per heavy atom. The van der Waals surface area contributed by atoms with E-state index in [0.29, 0.717) is 46.0 Å². The number of carbonyl (C=O) groups is 2. The van der Waals surface area contributed by atoms with Gasteiger partial charge in [-0.1, -0.05) is 47.2 Å². The molecule has 0 aliphatic carbocycles. The van der Waals surface area contributed by atoms with Crippen molar-refractivity contribution in [2.75, 3.05) is 4.90 Å². The molecular formula is C24H18N8O2S. The van der Waals surface area contributed by atoms with E-state index in [2.05, 4.69) is 20.5 Å². The van der Waals surface area contributed by atoms with Gasteiger partial charge in [-0.25, -0.2) is 19.5 Å². The number of hydrogen-bond donors (Lipinski definition) is 0. The molecule has 5 aromatic rings. The van der Waals surface area contributed by atoms with Crippen LogP contribution < -0.4 is 4.90 Å². The number of pyridine rings is 1. The highest BCUT2D eigenvalue weighted by Crippen LogP contribution is 2.31. The summed E-state index contributed by atoms with van der Waals surface area (Å²) in [6.07, 6.45) is 0. The minimum Gasteiger partial charge on any atom is -0.268 e. The molecule has 4 heterocycles. The molecule has 0 spiro atoms. The number of benzene rings is 2. The van der Waals surface area contributed by atoms with Crippen LogP contribution in [0.2, 0.25) is 0 Å². The zero-order valence-corrected chi connectivity index (χ0v) is 19.4. The Balaban J connectivity index is 1.31. The third-order valence-electron chi connectivity index (χ3n) is 5.71. The second-order valence-electron chi connectivity index (χ2n) is 7.78. The quantitative estimate of drug-likeness (QED) is 0.267. The predicted octanol–water partition coefficient (Wildman–Crippen LogP) is 3.52. The van der Waals surface area contributed by atoms with Gasteiger partial charge in [0.1, 0.15) is 5.82 Å². The molecule has 0 radical (unpaired) electrons. The van der Waals surface area contributed by atoms with E-state index in [1.807, 2.05) is 41.8 Å². The van der Waals surface area contributed by atoms with Crippen LogP contribution in [0.15, 0.2) is 71.9 Å². The average Bonchev–Trinajstić information content (AvgIpc) is 3.57. The molecule has 0 N–H and O–H groups in total. The molecule has 1 aliphatic rings. The summed E-state index contributed by atoms with van der Waals surface area (Å²) in [5.41, 5.74) is 3.21. The van der Waals surface area contributed by atoms with E-state index in [9.17, 15) is 9.59 Å². The molecule has 0 atom stereocenters. The number of nitrogens with zero attached hydrogens (tertiary/aromatic N) is 8. The van der Waals surface area contributed by atoms with Crippen molar-refractivity contribution in [3.8, 4) is 5.95 Å². The molecule has 1 aliphatic heterocycles. The van der Waals surface area contributed by atoms with Crippen molar-refractivity contribution >= 4 is 40.4 Å². The number of anilines is 1. The van der Waals surface area contributed by atoms with Gasteiger partial charge in [0.15, 0.2) is 5.16 Å². The van der Waals surface area contributed by atoms with E-state index in [1.165, 1.54) is 11.8 Å². The maximum absolute atomic E-state index is 12.9. The number of amides is 2. The number of tetrazole rings is 1. The monoisotopic (exact) mass is 482 g/mol. The minimum atomic E-state index is -0.365. The SMILES string of the molecule is CCn1nnnc1-n1c(SCc2cccc(N3C(=O)c4ccccc4C3=O)n2)nc2ccccc21. The second-order valence-corrected chi connectivity index (χ2v) is 8.72. The molecule has 172 valence electrons. The van der Waals surface area contributed by atoms with Crippen LogP contribution in [-0.2, 0) is 12.3 Å². The summed E-state index contributed by atoms with van der Waals surface area (Å²) in [4.78, 5) is 36.2. The number of fused-ring (bicyclic) bond motifs is 2. The van der Waals surface area contributed by atoms with E-state index in [4.69, 9.17) is 4.98 Å². The van der Waals surface area contributed by atoms with E-state index < -0.39 is 0 Å². The van der Waals surface area contributed by atoms with E-state index >= 15 is 0 Å². The number of imidazole rings is 1. The van der Waals surface area contributed by atoms with Crippen molar-refractivity contribution in [3.05, 3.63) is 83.6 Å². The lowest BCUT2D eigenvalue weighted by molar-refractivity contribution is 0.0925. The lowest BCUT2D eigenvalue weighted by atomic mass is 10.1. The van der Waals surface area contributed by atoms with Gasteiger partial charge in [0.2, 0.25) is 0 Å². The number of hydrogen-bond acceptors (Lipinski definition) is 8. The summed E-state index contributed by atoms with van der Waals surface area (Å²) in [7, 11) is 0. The Kier molecular flexibility index (Phi) is 5.10. The Morgan fingerprint density at radius 3 is 2.37 bits per heavy atom. The van der Waals surface area contributed by atoms with Crippen molar-refractivity contribution in [1.29, 1.82) is 0 Å². The average molecular weight is 483 g/mol. The van der Waals surface area contributed by atoms with Gasteiger partial charge in [-0.2, -0.15) is 0 Å². The number of carbonyl (C=O) groups excluding carboxylic acids is 2. The highest BCUT2D eigenvalue weighted by molar-refractivity contribution is 7.98. The molecule has 6 rings (SSSR count). The van der Waals surface area contributed by atoms with Crippen molar-refractivity contribution in [3.63, 3.8) is 0 Å². The maximum Gasteiger partial charge on any atom is 0.267 e. The van der Waals surface area contributed by atoms with Crippen LogP contribution in [0.4, 0.5) is 5.82 Å². The number of rotatable bonds is 6. The van der Waals surface area contributed by atoms with E-state index in [0.717, 1.165) is 15.9 Å². The Morgan fingerprint density at radius 1 is 0.857 bits per heavy atom. The Labute approximate surface area is 203 Å². The molecular weight excluding hydrogens is 464 g/mol. The number of imide groups is 1. The van der Waals surface area contributed by atoms with Gasteiger partial charge < -0.3 is 0 Å². The molecule has 0 bridgehead atoms. The summed E-state index contributed by atoms with van der Waals surface area (Å²) >= 11 is 1.48. The highest BCUT2D eigenvalue weighted by Gasteiger charge is 2.37. The maximum atomic E-state index is 12.9. The van der Waals surface area contributed by atoms with Gasteiger partial charge in [0.25, 0.3) is 17.8 Å². The first-order valence-electron chi connectivity index (χ1n) is 11.0. The zero-order valence-electron chi connectivity index (χ0n) is 18.6. The van der Waals surface area contributed by atoms with Crippen LogP contribution in [0.3, 0.4) is 0 Å². The van der Waals surface area contributed by atoms with Crippen LogP contribution in [0.1, 0.15) is 33.3 Å². The van der Waals surface area contributed by atoms with Gasteiger partial charge in [-0.3, -0.25) is 14.2 Å². The number of thioether (sulfide) groups is 1. The summed E-state index contributed by atoms with van der Waals surface area (Å²) in [5.74, 6) is 0.620. The smallest absolute Gasteiger partial charge is 0.267 e. The van der Waals surface area contributed by atoms with Gasteiger partial charge in [0.05, 0.1) is 27.9 Å².